The second-order valence-electron chi connectivity index (χ2n) is 49.5. The highest BCUT2D eigenvalue weighted by Crippen LogP contribution is 2.93. The van der Waals surface area contributed by atoms with Crippen LogP contribution in [0.2, 0.25) is 0 Å². The number of epoxide rings is 17. The fraction of sp³-hybridized carbons (Fsp3) is 0.828. The Hall–Kier alpha value is -5.25. The lowest BCUT2D eigenvalue weighted by Crippen LogP contribution is -2.78. The fourth-order valence-electron chi connectivity index (χ4n) is 38.7. The molecule has 37 aliphatic rings. The number of cyclic esters (lactones) is 5. The monoisotopic (exact) mass is 1880 g/mol. The Morgan fingerprint density at radius 2 is 0.622 bits per heavy atom. The van der Waals surface area contributed by atoms with Crippen LogP contribution in [0.4, 0.5) is 0 Å². The molecule has 22 aliphatic heterocycles. The van der Waals surface area contributed by atoms with Crippen LogP contribution >= 0.6 is 0 Å². The second kappa shape index (κ2) is 21.9. The molecule has 36 nitrogen and oxygen atoms in total. The van der Waals surface area contributed by atoms with Crippen molar-refractivity contribution in [3.05, 3.63) is 67.4 Å². The van der Waals surface area contributed by atoms with Crippen molar-refractivity contribution < 1.29 is 174 Å². The molecule has 0 bridgehead atoms. The Bertz CT molecular complexity index is 5990. The minimum atomic E-state index is -1.71. The summed E-state index contributed by atoms with van der Waals surface area (Å²) in [7, 11) is 0. The van der Waals surface area contributed by atoms with E-state index in [1.807, 2.05) is 34.6 Å². The summed E-state index contributed by atoms with van der Waals surface area (Å²) in [6, 6.07) is 0. The van der Waals surface area contributed by atoms with Gasteiger partial charge in [0.1, 0.15) is 258 Å². The number of aliphatic hydroxyl groups is 9. The zero-order chi connectivity index (χ0) is 93.0. The summed E-state index contributed by atoms with van der Waals surface area (Å²) in [6.07, 6.45) is -1.80. The molecule has 15 aliphatic carbocycles. The summed E-state index contributed by atoms with van der Waals surface area (Å²) in [5.41, 5.74) is -10.3. The molecule has 0 aromatic rings. The van der Waals surface area contributed by atoms with Gasteiger partial charge in [0.15, 0.2) is 28.0 Å². The maximum absolute atomic E-state index is 12.2. The number of ether oxygens (including phenoxy) is 22. The average molecular weight is 1880 g/mol. The van der Waals surface area contributed by atoms with Crippen molar-refractivity contribution in [1.82, 2.24) is 0 Å². The fourth-order valence-corrected chi connectivity index (χ4v) is 38.7. The summed E-state index contributed by atoms with van der Waals surface area (Å²) in [5, 5.41) is 104. The standard InChI is InChI=1S/C20H24O8.2C20H22O7.C20H22O6.C19H22O8/c1-7(2)17-12(26-17)13-20(28-13)16(3)5-4-8-9(6-25-14(8)22)18(16,24)10(21)11-19(20,27-11)15(17)23;2*1-7(2)17-10(24-17)13-20(27-13)16(3)5-4-8-9(6-23-14(8)21)18(16)11(25-18)12-19(20,26-12)15(17)22;1-8(2)18-13(25-18)14-20(26-14)17(3)5-4-9-10(7-23-15(9)21)11(17)6-12-19(20,24-12)16(18)22;1-3-16-11(25-16)12-19(27-12)15(2)5-4-7-8(6-24-13(7)21)17(15,23)9(20)10-18(19,26-10)14(16)22/h7,10-13,15,21,23-24H,4-6H2,1-3H3;2*7,10-13,15,22H,4-6H2,1-3H3;6,8,12-14,16,22H,4-5,7H2,1-3H3;9-12,14,20,22-23H,3-6H2,1-2H3/t2*10-,11-,12-,13-,15+,16-,17-,18-,19+,20+;10-,11-,12-,13-,15-,16-,17-,18-,19+,20+;12-,13-,14-,16-,17-,18-,19+,20+;9-,10-,11-,12-,14-,15-,16-,17-,18+,19+/m00000/s1. The molecule has 135 heavy (non-hydrogen) atoms. The second-order valence-corrected chi connectivity index (χ2v) is 49.5. The van der Waals surface area contributed by atoms with Gasteiger partial charge in [-0.3, -0.25) is 0 Å². The Balaban J connectivity index is 0.0000000760. The largest absolute Gasteiger partial charge is 0.458 e. The summed E-state index contributed by atoms with van der Waals surface area (Å²) < 4.78 is 133. The first kappa shape index (κ1) is 82.2. The van der Waals surface area contributed by atoms with Crippen LogP contribution < -0.4 is 0 Å². The molecule has 22 heterocycles. The quantitative estimate of drug-likeness (QED) is 0.0963. The first-order valence-corrected chi connectivity index (χ1v) is 49.8. The highest BCUT2D eigenvalue weighted by atomic mass is 16.8. The SMILES string of the molecule is CC(C)[C@]12O[C@H]1[C@@H]1O[C@]13[C@]1(O[C@H]1C=C1C4=C(CC[C@@]13C)C(=O)OC4)[C@H]2O.CC(C)[C@]12O[C@H]1[C@@H]1O[C@]13[C@]1(O[C@H]1[C@@H]1O[C@@]14C1=C(CC[C@]34C)C(=O)OC1)[C@@H]2O.CC(C)[C@]12O[C@H]1[C@@H]1O[C@]13[C@]1(O[C@H]1[C@@H]1O[C@@]14C1=C(CC[C@]34C)C(=O)OC1)[C@H]2O.CC(C)[C@]12O[C@H]1[C@@H]1O[C@]13[C@]1(O[C@H]1[C@H](O)[C@@]1(O)C4=C(CC[C@]31C)C(=O)OC4)[C@@H]2O.CC[C@]12O[C@H]1[C@@H]1O[C@]13[C@]1(O[C@H]1[C@H](O)[C@@]1(O)C4=C(CC[C@]31C)C(=O)OC4)[C@H]2O. The molecule has 9 saturated carbocycles. The minimum Gasteiger partial charge on any atom is -0.458 e. The predicted molar refractivity (Wildman–Crippen MR) is 436 cm³/mol. The van der Waals surface area contributed by atoms with Crippen molar-refractivity contribution in [2.24, 2.45) is 50.7 Å². The van der Waals surface area contributed by atoms with Crippen LogP contribution in [0.5, 0.6) is 0 Å². The topological polar surface area (TPSA) is 527 Å². The van der Waals surface area contributed by atoms with Gasteiger partial charge in [-0.25, -0.2) is 24.0 Å². The van der Waals surface area contributed by atoms with Crippen LogP contribution in [0.15, 0.2) is 67.4 Å². The van der Waals surface area contributed by atoms with Gasteiger partial charge in [-0.2, -0.15) is 0 Å². The molecule has 724 valence electrons. The van der Waals surface area contributed by atoms with E-state index >= 15 is 0 Å². The molecule has 9 N–H and O–H groups in total. The lowest BCUT2D eigenvalue weighted by Gasteiger charge is -2.59. The molecule has 48 atom stereocenters. The maximum Gasteiger partial charge on any atom is 0.334 e. The van der Waals surface area contributed by atoms with E-state index in [9.17, 15) is 69.9 Å². The van der Waals surface area contributed by atoms with Gasteiger partial charge in [0.25, 0.3) is 0 Å². The number of carbonyl (C=O) groups is 5. The van der Waals surface area contributed by atoms with E-state index in [0.29, 0.717) is 93.5 Å². The number of fused-ring (bicyclic) bond motifs is 18. The molecule has 36 heteroatoms. The highest BCUT2D eigenvalue weighted by Gasteiger charge is 3.11. The number of aliphatic hydroxyl groups excluding tert-OH is 7. The van der Waals surface area contributed by atoms with Crippen molar-refractivity contribution in [1.29, 1.82) is 0 Å². The molecule has 37 rings (SSSR count). The van der Waals surface area contributed by atoms with Crippen molar-refractivity contribution in [3.8, 4) is 0 Å². The molecular formula is C99H112O36. The minimum absolute atomic E-state index is 0.0286. The summed E-state index contributed by atoms with van der Waals surface area (Å²) in [5.74, 6) is -0.831. The number of esters is 5. The maximum atomic E-state index is 12.2. The van der Waals surface area contributed by atoms with E-state index in [4.69, 9.17) is 104 Å². The van der Waals surface area contributed by atoms with Crippen molar-refractivity contribution in [2.45, 2.75) is 420 Å². The van der Waals surface area contributed by atoms with Crippen LogP contribution in [0, 0.1) is 50.7 Å². The Labute approximate surface area is 772 Å². The lowest BCUT2D eigenvalue weighted by atomic mass is 9.44. The number of hydrogen-bond acceptors (Lipinski definition) is 36. The molecule has 0 aromatic carbocycles. The van der Waals surface area contributed by atoms with E-state index < -0.39 is 184 Å². The number of hydrogen-bond donors (Lipinski definition) is 9. The third kappa shape index (κ3) is 7.05. The molecule has 26 fully saturated rings. The number of rotatable bonds is 5. The van der Waals surface area contributed by atoms with Gasteiger partial charge in [-0.1, -0.05) is 96.9 Å². The molecule has 0 aromatic heterocycles. The van der Waals surface area contributed by atoms with Gasteiger partial charge >= 0.3 is 29.8 Å². The third-order valence-corrected chi connectivity index (χ3v) is 45.9. The first-order valence-electron chi connectivity index (χ1n) is 49.8. The summed E-state index contributed by atoms with van der Waals surface area (Å²) in [4.78, 5) is 60.6. The molecule has 12 spiro atoms. The predicted octanol–water partition coefficient (Wildman–Crippen LogP) is -0.376. The van der Waals surface area contributed by atoms with E-state index in [1.54, 1.807) is 0 Å². The van der Waals surface area contributed by atoms with Gasteiger partial charge in [0.05, 0.1) is 0 Å². The van der Waals surface area contributed by atoms with Crippen LogP contribution in [0.3, 0.4) is 0 Å². The molecule has 17 saturated heterocycles. The Morgan fingerprint density at radius 3 is 1.03 bits per heavy atom. The van der Waals surface area contributed by atoms with E-state index in [-0.39, 0.29) is 163 Å². The summed E-state index contributed by atoms with van der Waals surface area (Å²) >= 11 is 0. The van der Waals surface area contributed by atoms with E-state index in [1.165, 1.54) is 0 Å². The lowest BCUT2D eigenvalue weighted by molar-refractivity contribution is -0.205. The zero-order valence-corrected chi connectivity index (χ0v) is 77.1. The van der Waals surface area contributed by atoms with Gasteiger partial charge < -0.3 is 150 Å². The Kier molecular flexibility index (Phi) is 13.3. The summed E-state index contributed by atoms with van der Waals surface area (Å²) in [6.45, 7) is 29.8. The molecule has 0 radical (unpaired) electrons. The van der Waals surface area contributed by atoms with Crippen molar-refractivity contribution in [3.63, 3.8) is 0 Å². The van der Waals surface area contributed by atoms with Gasteiger partial charge in [-0.05, 0) is 106 Å². The van der Waals surface area contributed by atoms with Crippen LogP contribution in [-0.4, -0.2) is 362 Å². The van der Waals surface area contributed by atoms with E-state index in [0.717, 1.165) is 58.3 Å². The van der Waals surface area contributed by atoms with Crippen LogP contribution in [0.1, 0.15) is 168 Å². The van der Waals surface area contributed by atoms with Gasteiger partial charge in [0.2, 0.25) is 0 Å². The van der Waals surface area contributed by atoms with Crippen molar-refractivity contribution in [2.75, 3.05) is 33.0 Å². The van der Waals surface area contributed by atoms with Gasteiger partial charge in [0, 0.05) is 82.8 Å². The highest BCUT2D eigenvalue weighted by molar-refractivity contribution is 5.96. The average Bonchev–Trinajstić information content (AvgIpc) is 1.39. The van der Waals surface area contributed by atoms with Gasteiger partial charge in [-0.15, -0.1) is 0 Å². The smallest absolute Gasteiger partial charge is 0.334 e. The van der Waals surface area contributed by atoms with Crippen LogP contribution in [0.25, 0.3) is 0 Å². The normalized spacial score (nSPS) is 65.5. The van der Waals surface area contributed by atoms with Crippen LogP contribution in [-0.2, 0) is 128 Å². The molecule has 0 unspecified atom stereocenters. The molecule has 0 amide bonds. The first-order chi connectivity index (χ1) is 63.9. The number of carbonyl (C=O) groups excluding carboxylic acids is 5. The van der Waals surface area contributed by atoms with E-state index in [2.05, 4.69) is 68.4 Å². The third-order valence-electron chi connectivity index (χ3n) is 45.9. The van der Waals surface area contributed by atoms with Crippen molar-refractivity contribution >= 4 is 29.8 Å². The molecular weight excluding hydrogens is 1770 g/mol. The zero-order valence-electron chi connectivity index (χ0n) is 77.1. The Morgan fingerprint density at radius 1 is 0.304 bits per heavy atom.